The van der Waals surface area contributed by atoms with Gasteiger partial charge in [0.05, 0.1) is 6.54 Å². The number of carbonyl (C=O) groups is 3. The number of aliphatic hydroxyl groups excluding tert-OH is 1. The molecule has 3 amide bonds. The number of nitrogens with one attached hydrogen (secondary N) is 3. The van der Waals surface area contributed by atoms with Crippen LogP contribution in [0.1, 0.15) is 15.9 Å². The monoisotopic (exact) mass is 263 g/mol. The maximum atomic E-state index is 11.0. The summed E-state index contributed by atoms with van der Waals surface area (Å²) in [5.74, 6) is -1.05. The fraction of sp³-hybridized carbons (Fsp3) is 0.250. The zero-order valence-electron chi connectivity index (χ0n) is 9.97. The molecule has 0 radical (unpaired) electrons. The standard InChI is InChI=1S/C8H7NO.C4H6N2O3/c10-8-7-4-2-1-3-6(7)5-9-8;7-2-1-5-3(8)4(9)6-2/h1-4H,5H2,(H,9,10);3,5,8H,1H2,(H,6,7,9). The van der Waals surface area contributed by atoms with Crippen LogP contribution in [0.4, 0.5) is 0 Å². The molecule has 1 fully saturated rings. The van der Waals surface area contributed by atoms with E-state index in [0.717, 1.165) is 11.1 Å². The Balaban J connectivity index is 0.000000141. The molecule has 3 rings (SSSR count). The lowest BCUT2D eigenvalue weighted by molar-refractivity contribution is -0.140. The summed E-state index contributed by atoms with van der Waals surface area (Å²) < 4.78 is 0. The molecule has 2 heterocycles. The Morgan fingerprint density at radius 2 is 1.84 bits per heavy atom. The molecule has 7 nitrogen and oxygen atoms in total. The van der Waals surface area contributed by atoms with E-state index in [1.165, 1.54) is 0 Å². The van der Waals surface area contributed by atoms with Gasteiger partial charge in [0.2, 0.25) is 5.91 Å². The van der Waals surface area contributed by atoms with Crippen LogP contribution in [0.3, 0.4) is 0 Å². The van der Waals surface area contributed by atoms with Gasteiger partial charge in [-0.25, -0.2) is 0 Å². The second-order valence-corrected chi connectivity index (χ2v) is 4.04. The van der Waals surface area contributed by atoms with Crippen LogP contribution < -0.4 is 16.0 Å². The summed E-state index contributed by atoms with van der Waals surface area (Å²) in [4.78, 5) is 31.6. The quantitative estimate of drug-likeness (QED) is 0.425. The van der Waals surface area contributed by atoms with Crippen LogP contribution in [0.25, 0.3) is 0 Å². The third kappa shape index (κ3) is 3.15. The van der Waals surface area contributed by atoms with Gasteiger partial charge in [0.25, 0.3) is 11.8 Å². The Hall–Kier alpha value is -2.25. The normalized spacial score (nSPS) is 20.9. The van der Waals surface area contributed by atoms with Crippen molar-refractivity contribution >= 4 is 17.7 Å². The minimum atomic E-state index is -1.23. The fourth-order valence-electron chi connectivity index (χ4n) is 1.70. The van der Waals surface area contributed by atoms with E-state index in [2.05, 4.69) is 10.6 Å². The van der Waals surface area contributed by atoms with Crippen molar-refractivity contribution in [3.8, 4) is 0 Å². The lowest BCUT2D eigenvalue weighted by atomic mass is 10.1. The zero-order chi connectivity index (χ0) is 13.8. The number of hydrogen-bond donors (Lipinski definition) is 4. The molecule has 2 aliphatic heterocycles. The Morgan fingerprint density at radius 3 is 2.47 bits per heavy atom. The van der Waals surface area contributed by atoms with E-state index in [1.54, 1.807) is 0 Å². The van der Waals surface area contributed by atoms with E-state index >= 15 is 0 Å². The van der Waals surface area contributed by atoms with E-state index < -0.39 is 18.0 Å². The molecular weight excluding hydrogens is 250 g/mol. The smallest absolute Gasteiger partial charge is 0.270 e. The van der Waals surface area contributed by atoms with Crippen molar-refractivity contribution < 1.29 is 19.5 Å². The molecule has 0 aliphatic carbocycles. The minimum absolute atomic E-state index is 0.00704. The molecule has 19 heavy (non-hydrogen) atoms. The van der Waals surface area contributed by atoms with Crippen molar-refractivity contribution in [1.82, 2.24) is 16.0 Å². The lowest BCUT2D eigenvalue weighted by Gasteiger charge is -2.16. The third-order valence-electron chi connectivity index (χ3n) is 2.67. The highest BCUT2D eigenvalue weighted by Gasteiger charge is 2.22. The molecule has 1 unspecified atom stereocenters. The largest absolute Gasteiger partial charge is 0.370 e. The Kier molecular flexibility index (Phi) is 3.88. The molecule has 0 spiro atoms. The van der Waals surface area contributed by atoms with Crippen molar-refractivity contribution in [2.24, 2.45) is 0 Å². The average Bonchev–Trinajstić information content (AvgIpc) is 2.78. The van der Waals surface area contributed by atoms with Crippen molar-refractivity contribution in [1.29, 1.82) is 0 Å². The first-order valence-electron chi connectivity index (χ1n) is 5.69. The highest BCUT2D eigenvalue weighted by Crippen LogP contribution is 2.13. The van der Waals surface area contributed by atoms with E-state index in [0.29, 0.717) is 6.54 Å². The second kappa shape index (κ2) is 5.59. The van der Waals surface area contributed by atoms with Crippen molar-refractivity contribution in [3.63, 3.8) is 0 Å². The van der Waals surface area contributed by atoms with Gasteiger partial charge < -0.3 is 10.4 Å². The molecule has 4 N–H and O–H groups in total. The van der Waals surface area contributed by atoms with Gasteiger partial charge in [0.1, 0.15) is 0 Å². The van der Waals surface area contributed by atoms with E-state index in [9.17, 15) is 14.4 Å². The molecule has 100 valence electrons. The number of benzene rings is 1. The molecule has 1 aromatic carbocycles. The first kappa shape index (κ1) is 13.2. The predicted octanol–water partition coefficient (Wildman–Crippen LogP) is -1.52. The Morgan fingerprint density at radius 1 is 1.11 bits per heavy atom. The number of amides is 3. The maximum absolute atomic E-state index is 11.0. The summed E-state index contributed by atoms with van der Waals surface area (Å²) in [6, 6.07) is 7.63. The Labute approximate surface area is 109 Å². The molecule has 0 saturated carbocycles. The summed E-state index contributed by atoms with van der Waals surface area (Å²) in [6.45, 7) is 0.682. The minimum Gasteiger partial charge on any atom is -0.370 e. The molecular formula is C12H13N3O4. The summed E-state index contributed by atoms with van der Waals surface area (Å²) in [5.41, 5.74) is 1.93. The van der Waals surface area contributed by atoms with Gasteiger partial charge in [-0.3, -0.25) is 25.0 Å². The molecule has 1 saturated heterocycles. The first-order chi connectivity index (χ1) is 9.08. The summed E-state index contributed by atoms with van der Waals surface area (Å²) in [5, 5.41) is 15.6. The topological polar surface area (TPSA) is 108 Å². The first-order valence-corrected chi connectivity index (χ1v) is 5.69. The molecule has 1 aromatic rings. The number of hydrogen-bond acceptors (Lipinski definition) is 5. The van der Waals surface area contributed by atoms with Crippen LogP contribution in [0.5, 0.6) is 0 Å². The van der Waals surface area contributed by atoms with Gasteiger partial charge in [-0.2, -0.15) is 0 Å². The third-order valence-corrected chi connectivity index (χ3v) is 2.67. The Bertz CT molecular complexity index is 529. The highest BCUT2D eigenvalue weighted by molar-refractivity contribution is 6.00. The molecule has 0 aromatic heterocycles. The number of aliphatic hydroxyl groups is 1. The number of fused-ring (bicyclic) bond motifs is 1. The SMILES string of the molecule is O=C1CNC(O)C(=O)N1.O=C1NCc2ccccc21. The average molecular weight is 263 g/mol. The summed E-state index contributed by atoms with van der Waals surface area (Å²) in [7, 11) is 0. The number of rotatable bonds is 0. The van der Waals surface area contributed by atoms with E-state index in [1.807, 2.05) is 29.6 Å². The van der Waals surface area contributed by atoms with Crippen LogP contribution in [-0.4, -0.2) is 35.6 Å². The molecule has 7 heteroatoms. The van der Waals surface area contributed by atoms with Gasteiger partial charge in [0.15, 0.2) is 6.23 Å². The maximum Gasteiger partial charge on any atom is 0.270 e. The van der Waals surface area contributed by atoms with Crippen LogP contribution in [-0.2, 0) is 16.1 Å². The van der Waals surface area contributed by atoms with Gasteiger partial charge >= 0.3 is 0 Å². The second-order valence-electron chi connectivity index (χ2n) is 4.04. The van der Waals surface area contributed by atoms with Gasteiger partial charge in [-0.05, 0) is 11.6 Å². The van der Waals surface area contributed by atoms with Gasteiger partial charge in [0, 0.05) is 12.1 Å². The van der Waals surface area contributed by atoms with Crippen LogP contribution in [0.15, 0.2) is 24.3 Å². The number of imide groups is 1. The molecule has 0 bridgehead atoms. The van der Waals surface area contributed by atoms with Crippen molar-refractivity contribution in [2.45, 2.75) is 12.8 Å². The fourth-order valence-corrected chi connectivity index (χ4v) is 1.70. The van der Waals surface area contributed by atoms with Crippen molar-refractivity contribution in [3.05, 3.63) is 35.4 Å². The summed E-state index contributed by atoms with van der Waals surface area (Å²) in [6.07, 6.45) is -1.23. The van der Waals surface area contributed by atoms with E-state index in [-0.39, 0.29) is 12.5 Å². The van der Waals surface area contributed by atoms with Crippen LogP contribution >= 0.6 is 0 Å². The van der Waals surface area contributed by atoms with Crippen LogP contribution in [0.2, 0.25) is 0 Å². The number of carbonyl (C=O) groups excluding carboxylic acids is 3. The summed E-state index contributed by atoms with van der Waals surface area (Å²) >= 11 is 0. The van der Waals surface area contributed by atoms with Crippen molar-refractivity contribution in [2.75, 3.05) is 6.54 Å². The van der Waals surface area contributed by atoms with Crippen LogP contribution in [0, 0.1) is 0 Å². The zero-order valence-corrected chi connectivity index (χ0v) is 9.97. The number of piperazine rings is 1. The predicted molar refractivity (Wildman–Crippen MR) is 64.8 cm³/mol. The molecule has 2 aliphatic rings. The highest BCUT2D eigenvalue weighted by atomic mass is 16.3. The lowest BCUT2D eigenvalue weighted by Crippen LogP contribution is -2.55. The van der Waals surface area contributed by atoms with E-state index in [4.69, 9.17) is 5.11 Å². The van der Waals surface area contributed by atoms with Gasteiger partial charge in [-0.15, -0.1) is 0 Å². The van der Waals surface area contributed by atoms with Gasteiger partial charge in [-0.1, -0.05) is 18.2 Å². The molecule has 1 atom stereocenters.